The number of aromatic nitrogens is 1. The molecule has 1 heterocycles. The number of hydrogen-bond acceptors (Lipinski definition) is 6. The summed E-state index contributed by atoms with van der Waals surface area (Å²) in [6.45, 7) is -0.593. The highest BCUT2D eigenvalue weighted by molar-refractivity contribution is 5.84. The predicted octanol–water partition coefficient (Wildman–Crippen LogP) is 1.20. The zero-order valence-corrected chi connectivity index (χ0v) is 8.32. The molecular formula is C9H6N2O6. The topological polar surface area (TPSA) is 116 Å². The lowest BCUT2D eigenvalue weighted by Crippen LogP contribution is -2.09. The number of benzene rings is 1. The monoisotopic (exact) mass is 238 g/mol. The fourth-order valence-electron chi connectivity index (χ4n) is 1.25. The molecule has 0 spiro atoms. The number of carboxylic acids is 1. The fourth-order valence-corrected chi connectivity index (χ4v) is 1.25. The highest BCUT2D eigenvalue weighted by Gasteiger charge is 2.15. The lowest BCUT2D eigenvalue weighted by molar-refractivity contribution is -0.384. The molecule has 0 aliphatic carbocycles. The van der Waals surface area contributed by atoms with Gasteiger partial charge < -0.3 is 14.4 Å². The Morgan fingerprint density at radius 2 is 2.35 bits per heavy atom. The number of carboxylic acid groups (broad SMARTS) is 1. The van der Waals surface area contributed by atoms with E-state index in [1.54, 1.807) is 0 Å². The van der Waals surface area contributed by atoms with Crippen LogP contribution in [0.15, 0.2) is 22.7 Å². The fraction of sp³-hybridized carbons (Fsp3) is 0.111. The lowest BCUT2D eigenvalue weighted by atomic mass is 10.2. The third-order valence-electron chi connectivity index (χ3n) is 1.96. The van der Waals surface area contributed by atoms with Gasteiger partial charge in [0.15, 0.2) is 12.2 Å². The van der Waals surface area contributed by atoms with Gasteiger partial charge in [-0.1, -0.05) is 0 Å². The molecule has 88 valence electrons. The van der Waals surface area contributed by atoms with Gasteiger partial charge in [-0.25, -0.2) is 4.79 Å². The maximum Gasteiger partial charge on any atom is 0.341 e. The van der Waals surface area contributed by atoms with Crippen LogP contribution in [0.3, 0.4) is 0 Å². The molecule has 0 amide bonds. The second-order valence-electron chi connectivity index (χ2n) is 3.11. The molecule has 0 saturated heterocycles. The van der Waals surface area contributed by atoms with Crippen molar-refractivity contribution < 1.29 is 24.1 Å². The van der Waals surface area contributed by atoms with Crippen molar-refractivity contribution in [1.82, 2.24) is 5.16 Å². The van der Waals surface area contributed by atoms with Crippen LogP contribution in [0.4, 0.5) is 5.69 Å². The van der Waals surface area contributed by atoms with Crippen LogP contribution in [-0.2, 0) is 4.79 Å². The van der Waals surface area contributed by atoms with Crippen LogP contribution in [0.1, 0.15) is 0 Å². The summed E-state index contributed by atoms with van der Waals surface area (Å²) in [6, 6.07) is 3.84. The molecule has 0 bridgehead atoms. The summed E-state index contributed by atoms with van der Waals surface area (Å²) >= 11 is 0. The first-order chi connectivity index (χ1) is 8.08. The van der Waals surface area contributed by atoms with Gasteiger partial charge in [0, 0.05) is 12.1 Å². The van der Waals surface area contributed by atoms with E-state index in [1.807, 2.05) is 0 Å². The van der Waals surface area contributed by atoms with E-state index < -0.39 is 17.5 Å². The van der Waals surface area contributed by atoms with E-state index in [9.17, 15) is 14.9 Å². The quantitative estimate of drug-likeness (QED) is 0.628. The van der Waals surface area contributed by atoms with Crippen LogP contribution in [0, 0.1) is 10.1 Å². The first-order valence-electron chi connectivity index (χ1n) is 4.46. The van der Waals surface area contributed by atoms with Gasteiger partial charge in [0.2, 0.25) is 0 Å². The average molecular weight is 238 g/mol. The Balaban J connectivity index is 2.39. The Morgan fingerprint density at radius 3 is 3.00 bits per heavy atom. The summed E-state index contributed by atoms with van der Waals surface area (Å²) in [4.78, 5) is 20.3. The molecule has 1 aromatic carbocycles. The molecule has 0 aliphatic heterocycles. The number of non-ortho nitro benzene ring substituents is 1. The Bertz CT molecular complexity index is 590. The zero-order chi connectivity index (χ0) is 12.4. The number of nitro benzene ring substituents is 1. The zero-order valence-electron chi connectivity index (χ0n) is 8.32. The van der Waals surface area contributed by atoms with Crippen LogP contribution in [0.2, 0.25) is 0 Å². The summed E-state index contributed by atoms with van der Waals surface area (Å²) in [5.74, 6) is -1.25. The van der Waals surface area contributed by atoms with Crippen molar-refractivity contribution in [3.63, 3.8) is 0 Å². The Hall–Kier alpha value is -2.64. The van der Waals surface area contributed by atoms with Crippen molar-refractivity contribution in [3.8, 4) is 5.88 Å². The van der Waals surface area contributed by atoms with Gasteiger partial charge in [-0.05, 0) is 11.2 Å². The molecule has 0 aliphatic rings. The van der Waals surface area contributed by atoms with Crippen LogP contribution in [-0.4, -0.2) is 27.8 Å². The van der Waals surface area contributed by atoms with Crippen molar-refractivity contribution in [2.24, 2.45) is 0 Å². The Labute approximate surface area is 93.5 Å². The highest BCUT2D eigenvalue weighted by Crippen LogP contribution is 2.28. The molecule has 0 fully saturated rings. The SMILES string of the molecule is O=C(O)COc1noc2ccc([N+](=O)[O-])cc12. The largest absolute Gasteiger partial charge is 0.479 e. The molecule has 2 aromatic rings. The molecule has 0 radical (unpaired) electrons. The number of hydrogen-bond donors (Lipinski definition) is 1. The van der Waals surface area contributed by atoms with Crippen LogP contribution >= 0.6 is 0 Å². The van der Waals surface area contributed by atoms with Crippen LogP contribution in [0.25, 0.3) is 11.0 Å². The number of ether oxygens (including phenoxy) is 1. The minimum absolute atomic E-state index is 0.0777. The van der Waals surface area contributed by atoms with Gasteiger partial charge in [-0.3, -0.25) is 10.1 Å². The molecule has 17 heavy (non-hydrogen) atoms. The summed E-state index contributed by atoms with van der Waals surface area (Å²) in [6.07, 6.45) is 0. The van der Waals surface area contributed by atoms with Crippen molar-refractivity contribution in [1.29, 1.82) is 0 Å². The standard InChI is InChI=1S/C9H6N2O6/c12-8(13)4-16-9-6-3-5(11(14)15)1-2-7(6)17-10-9/h1-3H,4H2,(H,12,13). The molecule has 1 aromatic heterocycles. The lowest BCUT2D eigenvalue weighted by Gasteiger charge is -1.97. The van der Waals surface area contributed by atoms with E-state index in [0.29, 0.717) is 0 Å². The molecule has 8 heteroatoms. The summed E-state index contributed by atoms with van der Waals surface area (Å²) < 4.78 is 9.65. The van der Waals surface area contributed by atoms with Crippen molar-refractivity contribution in [2.45, 2.75) is 0 Å². The second kappa shape index (κ2) is 4.08. The number of nitrogens with zero attached hydrogens (tertiary/aromatic N) is 2. The molecule has 1 N–H and O–H groups in total. The highest BCUT2D eigenvalue weighted by atomic mass is 16.6. The predicted molar refractivity (Wildman–Crippen MR) is 53.8 cm³/mol. The van der Waals surface area contributed by atoms with Gasteiger partial charge in [-0.2, -0.15) is 0 Å². The van der Waals surface area contributed by atoms with Crippen LogP contribution in [0.5, 0.6) is 5.88 Å². The van der Waals surface area contributed by atoms with Crippen molar-refractivity contribution in [3.05, 3.63) is 28.3 Å². The maximum atomic E-state index is 10.6. The van der Waals surface area contributed by atoms with Gasteiger partial charge >= 0.3 is 5.97 Å². The van der Waals surface area contributed by atoms with Crippen LogP contribution < -0.4 is 4.74 Å². The second-order valence-corrected chi connectivity index (χ2v) is 3.11. The van der Waals surface area contributed by atoms with E-state index >= 15 is 0 Å². The smallest absolute Gasteiger partial charge is 0.341 e. The number of fused-ring (bicyclic) bond motifs is 1. The third kappa shape index (κ3) is 2.14. The maximum absolute atomic E-state index is 10.6. The third-order valence-corrected chi connectivity index (χ3v) is 1.96. The summed E-state index contributed by atoms with van der Waals surface area (Å²) in [5.41, 5.74) is 0.136. The van der Waals surface area contributed by atoms with E-state index in [0.717, 1.165) is 0 Å². The Morgan fingerprint density at radius 1 is 1.59 bits per heavy atom. The number of aliphatic carboxylic acids is 1. The first kappa shape index (κ1) is 10.9. The molecule has 8 nitrogen and oxygen atoms in total. The van der Waals surface area contributed by atoms with Gasteiger partial charge in [-0.15, -0.1) is 0 Å². The summed E-state index contributed by atoms with van der Waals surface area (Å²) in [7, 11) is 0. The average Bonchev–Trinajstić information content (AvgIpc) is 2.68. The summed E-state index contributed by atoms with van der Waals surface area (Å²) in [5, 5.41) is 22.7. The Kier molecular flexibility index (Phi) is 2.61. The van der Waals surface area contributed by atoms with Gasteiger partial charge in [0.05, 0.1) is 10.3 Å². The normalized spacial score (nSPS) is 10.4. The first-order valence-corrected chi connectivity index (χ1v) is 4.46. The van der Waals surface area contributed by atoms with E-state index in [4.69, 9.17) is 14.4 Å². The number of nitro groups is 1. The van der Waals surface area contributed by atoms with Crippen molar-refractivity contribution in [2.75, 3.05) is 6.61 Å². The molecule has 0 atom stereocenters. The van der Waals surface area contributed by atoms with E-state index in [-0.39, 0.29) is 22.5 Å². The van der Waals surface area contributed by atoms with Crippen molar-refractivity contribution >= 4 is 22.6 Å². The number of carbonyl (C=O) groups is 1. The minimum atomic E-state index is -1.17. The minimum Gasteiger partial charge on any atom is -0.479 e. The van der Waals surface area contributed by atoms with Gasteiger partial charge in [0.1, 0.15) is 0 Å². The van der Waals surface area contributed by atoms with E-state index in [1.165, 1.54) is 18.2 Å². The molecule has 0 saturated carbocycles. The molecule has 0 unspecified atom stereocenters. The van der Waals surface area contributed by atoms with E-state index in [2.05, 4.69) is 5.16 Å². The molecular weight excluding hydrogens is 232 g/mol. The van der Waals surface area contributed by atoms with Gasteiger partial charge in [0.25, 0.3) is 11.6 Å². The molecule has 2 rings (SSSR count). The number of rotatable bonds is 4.